The van der Waals surface area contributed by atoms with Crippen LogP contribution in [0.3, 0.4) is 0 Å². The zero-order valence-electron chi connectivity index (χ0n) is 17.5. The predicted octanol–water partition coefficient (Wildman–Crippen LogP) is 3.39. The topological polar surface area (TPSA) is 80.2 Å². The Bertz CT molecular complexity index is 884. The van der Waals surface area contributed by atoms with Crippen molar-refractivity contribution in [3.05, 3.63) is 18.2 Å². The molecule has 1 aromatic carbocycles. The molecule has 0 unspecified atom stereocenters. The highest BCUT2D eigenvalue weighted by Crippen LogP contribution is 2.42. The summed E-state index contributed by atoms with van der Waals surface area (Å²) in [5.41, 5.74) is 0.0805. The molecule has 0 atom stereocenters. The maximum Gasteiger partial charge on any atom is 0.255 e. The highest BCUT2D eigenvalue weighted by molar-refractivity contribution is 6.08. The number of nitrogens with zero attached hydrogens (tertiary/aromatic N) is 2. The van der Waals surface area contributed by atoms with Gasteiger partial charge in [-0.05, 0) is 56.6 Å². The van der Waals surface area contributed by atoms with Gasteiger partial charge in [-0.1, -0.05) is 6.92 Å². The van der Waals surface area contributed by atoms with E-state index in [0.29, 0.717) is 62.0 Å². The van der Waals surface area contributed by atoms with E-state index in [1.165, 1.54) is 12.8 Å². The summed E-state index contributed by atoms with van der Waals surface area (Å²) in [4.78, 5) is 32.9. The molecular weight excluding hydrogens is 382 g/mol. The van der Waals surface area contributed by atoms with Gasteiger partial charge in [0.25, 0.3) is 5.91 Å². The number of carbonyl (C=O) groups is 2. The number of carbonyl (C=O) groups excluding carboxylic acids is 2. The predicted molar refractivity (Wildman–Crippen MR) is 113 cm³/mol. The van der Waals surface area contributed by atoms with Crippen molar-refractivity contribution in [2.24, 2.45) is 16.8 Å². The van der Waals surface area contributed by atoms with E-state index >= 15 is 0 Å². The average molecular weight is 412 g/mol. The lowest BCUT2D eigenvalue weighted by Gasteiger charge is -2.33. The molecule has 160 valence electrons. The minimum Gasteiger partial charge on any atom is -0.486 e. The van der Waals surface area contributed by atoms with Crippen LogP contribution in [0.5, 0.6) is 11.5 Å². The lowest BCUT2D eigenvalue weighted by molar-refractivity contribution is -0.134. The first-order chi connectivity index (χ1) is 14.6. The number of amides is 2. The molecule has 2 aliphatic carbocycles. The number of hydrogen-bond donors (Lipinski definition) is 1. The second-order valence-corrected chi connectivity index (χ2v) is 8.89. The third kappa shape index (κ3) is 3.55. The van der Waals surface area contributed by atoms with Crippen LogP contribution in [-0.4, -0.2) is 47.8 Å². The molecule has 0 saturated heterocycles. The van der Waals surface area contributed by atoms with Gasteiger partial charge in [-0.3, -0.25) is 19.5 Å². The van der Waals surface area contributed by atoms with Crippen molar-refractivity contribution in [2.45, 2.75) is 57.4 Å². The van der Waals surface area contributed by atoms with E-state index in [4.69, 9.17) is 14.5 Å². The van der Waals surface area contributed by atoms with E-state index in [-0.39, 0.29) is 17.7 Å². The summed E-state index contributed by atoms with van der Waals surface area (Å²) < 4.78 is 11.1. The van der Waals surface area contributed by atoms with Crippen LogP contribution in [0, 0.1) is 11.8 Å². The fraction of sp³-hybridized carbons (Fsp3) is 0.609. The minimum absolute atomic E-state index is 0.00139. The van der Waals surface area contributed by atoms with Crippen molar-refractivity contribution in [1.82, 2.24) is 4.90 Å². The Kier molecular flexibility index (Phi) is 4.91. The van der Waals surface area contributed by atoms with Crippen molar-refractivity contribution in [2.75, 3.05) is 25.1 Å². The van der Waals surface area contributed by atoms with Gasteiger partial charge < -0.3 is 14.8 Å². The molecule has 7 heteroatoms. The number of fused-ring (bicyclic) bond motifs is 1. The largest absolute Gasteiger partial charge is 0.486 e. The zero-order valence-corrected chi connectivity index (χ0v) is 17.5. The highest BCUT2D eigenvalue weighted by atomic mass is 16.6. The van der Waals surface area contributed by atoms with Crippen LogP contribution in [0.1, 0.15) is 51.9 Å². The molecule has 0 aromatic heterocycles. The Morgan fingerprint density at radius 3 is 2.60 bits per heavy atom. The summed E-state index contributed by atoms with van der Waals surface area (Å²) in [6.45, 7) is 3.95. The molecule has 7 nitrogen and oxygen atoms in total. The molecule has 1 spiro atoms. The second-order valence-electron chi connectivity index (χ2n) is 8.89. The van der Waals surface area contributed by atoms with Crippen molar-refractivity contribution in [3.63, 3.8) is 0 Å². The van der Waals surface area contributed by atoms with Crippen LogP contribution in [0.4, 0.5) is 5.69 Å². The lowest BCUT2D eigenvalue weighted by atomic mass is 9.76. The van der Waals surface area contributed by atoms with Crippen LogP contribution in [0.25, 0.3) is 0 Å². The number of benzene rings is 1. The third-order valence-electron chi connectivity index (χ3n) is 6.75. The Morgan fingerprint density at radius 1 is 1.17 bits per heavy atom. The van der Waals surface area contributed by atoms with Gasteiger partial charge in [-0.25, -0.2) is 0 Å². The summed E-state index contributed by atoms with van der Waals surface area (Å²) in [5.74, 6) is 3.02. The number of amidine groups is 1. The molecule has 1 N–H and O–H groups in total. The number of rotatable bonds is 5. The molecule has 0 radical (unpaired) electrons. The van der Waals surface area contributed by atoms with Crippen molar-refractivity contribution >= 4 is 23.3 Å². The average Bonchev–Trinajstić information content (AvgIpc) is 3.56. The molecule has 30 heavy (non-hydrogen) atoms. The van der Waals surface area contributed by atoms with Crippen LogP contribution in [0.2, 0.25) is 0 Å². The number of ether oxygens (including phenoxy) is 2. The maximum absolute atomic E-state index is 13.2. The molecule has 1 aromatic rings. The maximum atomic E-state index is 13.2. The van der Waals surface area contributed by atoms with E-state index in [0.717, 1.165) is 18.8 Å². The van der Waals surface area contributed by atoms with Crippen LogP contribution in [0.15, 0.2) is 23.2 Å². The molecule has 5 rings (SSSR count). The Balaban J connectivity index is 1.22. The van der Waals surface area contributed by atoms with Gasteiger partial charge in [0.2, 0.25) is 5.91 Å². The quantitative estimate of drug-likeness (QED) is 0.805. The van der Waals surface area contributed by atoms with Gasteiger partial charge in [0.15, 0.2) is 11.5 Å². The number of nitrogens with one attached hydrogen (secondary N) is 1. The molecule has 2 heterocycles. The first-order valence-corrected chi connectivity index (χ1v) is 11.2. The Morgan fingerprint density at radius 2 is 1.90 bits per heavy atom. The molecule has 4 aliphatic rings. The first-order valence-electron chi connectivity index (χ1n) is 11.2. The monoisotopic (exact) mass is 411 g/mol. The summed E-state index contributed by atoms with van der Waals surface area (Å²) in [5, 5.41) is 3.01. The van der Waals surface area contributed by atoms with E-state index in [9.17, 15) is 9.59 Å². The van der Waals surface area contributed by atoms with Gasteiger partial charge in [0.05, 0.1) is 0 Å². The molecule has 2 fully saturated rings. The van der Waals surface area contributed by atoms with Crippen molar-refractivity contribution in [3.8, 4) is 11.5 Å². The number of hydrogen-bond acceptors (Lipinski definition) is 5. The van der Waals surface area contributed by atoms with Crippen LogP contribution in [-0.2, 0) is 9.59 Å². The van der Waals surface area contributed by atoms with E-state index in [2.05, 4.69) is 12.2 Å². The SMILES string of the molecule is CCC1=NC2(CCC(C(=O)Nc3ccc4c(c3)OCCO4)CC2)C(=O)N1CC1CC1. The van der Waals surface area contributed by atoms with Gasteiger partial charge in [-0.2, -0.15) is 0 Å². The van der Waals surface area contributed by atoms with E-state index in [1.807, 2.05) is 23.1 Å². The molecule has 2 aliphatic heterocycles. The van der Waals surface area contributed by atoms with Crippen molar-refractivity contribution < 1.29 is 19.1 Å². The van der Waals surface area contributed by atoms with Gasteiger partial charge in [-0.15, -0.1) is 0 Å². The lowest BCUT2D eigenvalue weighted by Crippen LogP contribution is -2.46. The zero-order chi connectivity index (χ0) is 20.7. The molecular formula is C23H29N3O4. The fourth-order valence-corrected chi connectivity index (χ4v) is 4.79. The summed E-state index contributed by atoms with van der Waals surface area (Å²) in [7, 11) is 0. The third-order valence-corrected chi connectivity index (χ3v) is 6.75. The van der Waals surface area contributed by atoms with Crippen LogP contribution >= 0.6 is 0 Å². The standard InChI is InChI=1S/C23H29N3O4/c1-2-20-25-23(22(28)26(20)14-15-3-4-15)9-7-16(8-10-23)21(27)24-17-5-6-18-19(13-17)30-12-11-29-18/h5-6,13,15-16H,2-4,7-12,14H2,1H3,(H,24,27). The molecule has 0 bridgehead atoms. The molecule has 2 saturated carbocycles. The van der Waals surface area contributed by atoms with E-state index < -0.39 is 5.54 Å². The Hall–Kier alpha value is -2.57. The Labute approximate surface area is 176 Å². The summed E-state index contributed by atoms with van der Waals surface area (Å²) >= 11 is 0. The van der Waals surface area contributed by atoms with Gasteiger partial charge in [0.1, 0.15) is 24.6 Å². The van der Waals surface area contributed by atoms with Gasteiger partial charge in [0, 0.05) is 30.6 Å². The van der Waals surface area contributed by atoms with E-state index in [1.54, 1.807) is 0 Å². The second kappa shape index (κ2) is 7.60. The van der Waals surface area contributed by atoms with Crippen molar-refractivity contribution in [1.29, 1.82) is 0 Å². The summed E-state index contributed by atoms with van der Waals surface area (Å²) in [6, 6.07) is 5.47. The minimum atomic E-state index is -0.631. The fourth-order valence-electron chi connectivity index (χ4n) is 4.79. The van der Waals surface area contributed by atoms with Crippen LogP contribution < -0.4 is 14.8 Å². The highest BCUT2D eigenvalue weighted by Gasteiger charge is 2.50. The smallest absolute Gasteiger partial charge is 0.255 e. The number of aliphatic imine (C=N–C) groups is 1. The van der Waals surface area contributed by atoms with Gasteiger partial charge >= 0.3 is 0 Å². The normalized spacial score (nSPS) is 27.9. The number of anilines is 1. The molecule has 2 amide bonds. The first kappa shape index (κ1) is 19.4. The summed E-state index contributed by atoms with van der Waals surface area (Å²) in [6.07, 6.45) is 5.88.